The van der Waals surface area contributed by atoms with Crippen molar-refractivity contribution in [1.82, 2.24) is 0 Å². The fourth-order valence-electron chi connectivity index (χ4n) is 1.38. The molecule has 1 amide bonds. The number of benzene rings is 1. The predicted molar refractivity (Wildman–Crippen MR) is 56.3 cm³/mol. The number of aliphatic hydroxyl groups is 1. The van der Waals surface area contributed by atoms with Crippen LogP contribution in [-0.4, -0.2) is 17.6 Å². The number of amides is 1. The van der Waals surface area contributed by atoms with E-state index in [1.54, 1.807) is 0 Å². The van der Waals surface area contributed by atoms with Gasteiger partial charge < -0.3 is 10.4 Å². The Kier molecular flexibility index (Phi) is 3.65. The minimum atomic E-state index is -0.475. The number of aryl methyl sites for hydroxylation is 2. The van der Waals surface area contributed by atoms with Crippen LogP contribution in [-0.2, 0) is 11.2 Å². The molecule has 0 radical (unpaired) electrons. The summed E-state index contributed by atoms with van der Waals surface area (Å²) in [6.45, 7) is 3.49. The molecule has 0 aromatic heterocycles. The second-order valence-corrected chi connectivity index (χ2v) is 3.17. The third-order valence-corrected chi connectivity index (χ3v) is 2.15. The highest BCUT2D eigenvalue weighted by atomic mass is 16.3. The van der Waals surface area contributed by atoms with Crippen LogP contribution in [0.1, 0.15) is 18.1 Å². The number of hydrogen-bond donors (Lipinski definition) is 2. The Morgan fingerprint density at radius 1 is 1.50 bits per heavy atom. The zero-order valence-electron chi connectivity index (χ0n) is 8.50. The van der Waals surface area contributed by atoms with Gasteiger partial charge in [-0.3, -0.25) is 4.79 Å². The first-order valence-corrected chi connectivity index (χ1v) is 4.68. The van der Waals surface area contributed by atoms with E-state index in [4.69, 9.17) is 5.11 Å². The first-order chi connectivity index (χ1) is 6.69. The average Bonchev–Trinajstić information content (AvgIpc) is 2.20. The Bertz CT molecular complexity index is 334. The Balaban J connectivity index is 2.98. The van der Waals surface area contributed by atoms with E-state index in [1.165, 1.54) is 0 Å². The lowest BCUT2D eigenvalue weighted by Crippen LogP contribution is -2.17. The van der Waals surface area contributed by atoms with Crippen LogP contribution < -0.4 is 5.32 Å². The highest BCUT2D eigenvalue weighted by Crippen LogP contribution is 2.20. The Labute approximate surface area is 83.8 Å². The predicted octanol–water partition coefficient (Wildman–Crippen LogP) is 1.49. The minimum absolute atomic E-state index is 0.367. The molecule has 0 aliphatic rings. The summed E-state index contributed by atoms with van der Waals surface area (Å²) in [6, 6.07) is 5.87. The lowest BCUT2D eigenvalue weighted by molar-refractivity contribution is -0.118. The van der Waals surface area contributed by atoms with Crippen molar-refractivity contribution >= 4 is 11.6 Å². The molecule has 0 fully saturated rings. The summed E-state index contributed by atoms with van der Waals surface area (Å²) in [5.41, 5.74) is 2.94. The molecule has 1 aromatic rings. The summed E-state index contributed by atoms with van der Waals surface area (Å²) in [6.07, 6.45) is 0.864. The van der Waals surface area contributed by atoms with Crippen LogP contribution in [0.15, 0.2) is 18.2 Å². The molecule has 0 atom stereocenters. The van der Waals surface area contributed by atoms with Crippen molar-refractivity contribution in [1.29, 1.82) is 0 Å². The van der Waals surface area contributed by atoms with Gasteiger partial charge in [0, 0.05) is 5.69 Å². The number of carbonyl (C=O) groups is 1. The largest absolute Gasteiger partial charge is 0.387 e. The molecule has 0 saturated carbocycles. The van der Waals surface area contributed by atoms with Crippen LogP contribution in [0.4, 0.5) is 5.69 Å². The molecule has 0 unspecified atom stereocenters. The molecule has 14 heavy (non-hydrogen) atoms. The number of hydrogen-bond acceptors (Lipinski definition) is 2. The van der Waals surface area contributed by atoms with Gasteiger partial charge in [0.25, 0.3) is 0 Å². The molecule has 3 nitrogen and oxygen atoms in total. The van der Waals surface area contributed by atoms with E-state index in [9.17, 15) is 4.79 Å². The average molecular weight is 193 g/mol. The molecule has 0 saturated heterocycles. The second kappa shape index (κ2) is 4.77. The number of para-hydroxylation sites is 1. The molecule has 0 aliphatic heterocycles. The molecule has 0 heterocycles. The van der Waals surface area contributed by atoms with Crippen molar-refractivity contribution in [2.24, 2.45) is 0 Å². The van der Waals surface area contributed by atoms with Crippen LogP contribution in [0.3, 0.4) is 0 Å². The molecule has 3 heteroatoms. The summed E-state index contributed by atoms with van der Waals surface area (Å²) >= 11 is 0. The summed E-state index contributed by atoms with van der Waals surface area (Å²) in [7, 11) is 0. The van der Waals surface area contributed by atoms with E-state index in [2.05, 4.69) is 5.32 Å². The van der Waals surface area contributed by atoms with Gasteiger partial charge in [-0.2, -0.15) is 0 Å². The zero-order chi connectivity index (χ0) is 10.6. The van der Waals surface area contributed by atoms with Crippen molar-refractivity contribution in [3.8, 4) is 0 Å². The SMILES string of the molecule is CCc1cccc(C)c1NC(=O)CO. The van der Waals surface area contributed by atoms with Gasteiger partial charge in [0.15, 0.2) is 0 Å². The summed E-state index contributed by atoms with van der Waals surface area (Å²) < 4.78 is 0. The van der Waals surface area contributed by atoms with Crippen LogP contribution >= 0.6 is 0 Å². The van der Waals surface area contributed by atoms with Gasteiger partial charge in [0.1, 0.15) is 6.61 Å². The number of nitrogens with one attached hydrogen (secondary N) is 1. The van der Waals surface area contributed by atoms with Gasteiger partial charge in [-0.15, -0.1) is 0 Å². The third-order valence-electron chi connectivity index (χ3n) is 2.15. The van der Waals surface area contributed by atoms with Gasteiger partial charge in [-0.1, -0.05) is 25.1 Å². The normalized spacial score (nSPS) is 9.93. The fourth-order valence-corrected chi connectivity index (χ4v) is 1.38. The first kappa shape index (κ1) is 10.7. The molecular weight excluding hydrogens is 178 g/mol. The number of aliphatic hydroxyl groups excluding tert-OH is 1. The lowest BCUT2D eigenvalue weighted by Gasteiger charge is -2.11. The topological polar surface area (TPSA) is 49.3 Å². The number of anilines is 1. The zero-order valence-corrected chi connectivity index (χ0v) is 8.50. The van der Waals surface area contributed by atoms with Crippen LogP contribution in [0.5, 0.6) is 0 Å². The number of carbonyl (C=O) groups excluding carboxylic acids is 1. The van der Waals surface area contributed by atoms with Crippen LogP contribution in [0.2, 0.25) is 0 Å². The van der Waals surface area contributed by atoms with Gasteiger partial charge in [-0.25, -0.2) is 0 Å². The molecule has 1 aromatic carbocycles. The highest BCUT2D eigenvalue weighted by molar-refractivity contribution is 5.93. The second-order valence-electron chi connectivity index (χ2n) is 3.17. The van der Waals surface area contributed by atoms with Gasteiger partial charge in [0.05, 0.1) is 0 Å². The maximum absolute atomic E-state index is 11.0. The molecule has 0 spiro atoms. The highest BCUT2D eigenvalue weighted by Gasteiger charge is 2.06. The molecule has 2 N–H and O–H groups in total. The molecular formula is C11H15NO2. The van der Waals surface area contributed by atoms with E-state index in [-0.39, 0.29) is 5.91 Å². The maximum Gasteiger partial charge on any atom is 0.250 e. The van der Waals surface area contributed by atoms with E-state index in [1.807, 2.05) is 32.0 Å². The van der Waals surface area contributed by atoms with Gasteiger partial charge in [0.2, 0.25) is 5.91 Å². The van der Waals surface area contributed by atoms with Crippen molar-refractivity contribution in [3.63, 3.8) is 0 Å². The number of rotatable bonds is 3. The smallest absolute Gasteiger partial charge is 0.250 e. The molecule has 1 rings (SSSR count). The van der Waals surface area contributed by atoms with Crippen molar-refractivity contribution in [3.05, 3.63) is 29.3 Å². The van der Waals surface area contributed by atoms with Gasteiger partial charge in [-0.05, 0) is 24.5 Å². The Morgan fingerprint density at radius 2 is 2.21 bits per heavy atom. The first-order valence-electron chi connectivity index (χ1n) is 4.68. The molecule has 0 bridgehead atoms. The summed E-state index contributed by atoms with van der Waals surface area (Å²) in [4.78, 5) is 11.0. The van der Waals surface area contributed by atoms with Gasteiger partial charge >= 0.3 is 0 Å². The Morgan fingerprint density at radius 3 is 2.79 bits per heavy atom. The van der Waals surface area contributed by atoms with Crippen molar-refractivity contribution in [2.75, 3.05) is 11.9 Å². The lowest BCUT2D eigenvalue weighted by atomic mass is 10.1. The maximum atomic E-state index is 11.0. The minimum Gasteiger partial charge on any atom is -0.387 e. The van der Waals surface area contributed by atoms with Crippen LogP contribution in [0.25, 0.3) is 0 Å². The van der Waals surface area contributed by atoms with E-state index < -0.39 is 6.61 Å². The summed E-state index contributed by atoms with van der Waals surface area (Å²) in [5, 5.41) is 11.3. The standard InChI is InChI=1S/C11H15NO2/c1-3-9-6-4-5-8(2)11(9)12-10(14)7-13/h4-6,13H,3,7H2,1-2H3,(H,12,14). The van der Waals surface area contributed by atoms with Crippen LogP contribution in [0, 0.1) is 6.92 Å². The van der Waals surface area contributed by atoms with E-state index >= 15 is 0 Å². The van der Waals surface area contributed by atoms with E-state index in [0.717, 1.165) is 23.2 Å². The van der Waals surface area contributed by atoms with Crippen molar-refractivity contribution < 1.29 is 9.90 Å². The molecule has 76 valence electrons. The Hall–Kier alpha value is -1.35. The monoisotopic (exact) mass is 193 g/mol. The third kappa shape index (κ3) is 2.33. The fraction of sp³-hybridized carbons (Fsp3) is 0.364. The quantitative estimate of drug-likeness (QED) is 0.764. The van der Waals surface area contributed by atoms with Crippen molar-refractivity contribution in [2.45, 2.75) is 20.3 Å². The van der Waals surface area contributed by atoms with E-state index in [0.29, 0.717) is 0 Å². The summed E-state index contributed by atoms with van der Waals surface area (Å²) in [5.74, 6) is -0.367. The molecule has 0 aliphatic carbocycles.